The Labute approximate surface area is 92.4 Å². The van der Waals surface area contributed by atoms with Crippen LogP contribution in [0, 0.1) is 5.92 Å². The van der Waals surface area contributed by atoms with E-state index in [-0.39, 0.29) is 0 Å². The second-order valence-electron chi connectivity index (χ2n) is 4.74. The third kappa shape index (κ3) is 2.69. The molecule has 0 spiro atoms. The molecular weight excluding hydrogens is 190 g/mol. The van der Waals surface area contributed by atoms with Crippen LogP contribution in [-0.4, -0.2) is 63.9 Å². The molecular formula is C11H23N3O. The lowest BCUT2D eigenvalue weighted by Crippen LogP contribution is -2.53. The van der Waals surface area contributed by atoms with E-state index in [9.17, 15) is 0 Å². The molecule has 0 amide bonds. The van der Waals surface area contributed by atoms with Gasteiger partial charge in [-0.3, -0.25) is 0 Å². The summed E-state index contributed by atoms with van der Waals surface area (Å²) in [5.74, 6) is 0.741. The SMILES string of the molecule is CNC(C1CCN(C)C1)C1CNCCO1. The quantitative estimate of drug-likeness (QED) is 0.663. The normalized spacial score (nSPS) is 35.6. The Kier molecular flexibility index (Phi) is 3.97. The van der Waals surface area contributed by atoms with Crippen LogP contribution in [-0.2, 0) is 4.74 Å². The molecule has 2 fully saturated rings. The van der Waals surface area contributed by atoms with Crippen molar-refractivity contribution in [2.24, 2.45) is 5.92 Å². The molecule has 0 radical (unpaired) electrons. The van der Waals surface area contributed by atoms with Crippen LogP contribution in [0.1, 0.15) is 6.42 Å². The Bertz CT molecular complexity index is 190. The van der Waals surface area contributed by atoms with Crippen LogP contribution in [0.3, 0.4) is 0 Å². The van der Waals surface area contributed by atoms with E-state index in [2.05, 4.69) is 29.6 Å². The molecule has 2 aliphatic heterocycles. The van der Waals surface area contributed by atoms with Gasteiger partial charge in [-0.2, -0.15) is 0 Å². The predicted octanol–water partition coefficient (Wildman–Crippen LogP) is -0.485. The molecule has 0 aromatic rings. The van der Waals surface area contributed by atoms with E-state index in [1.54, 1.807) is 0 Å². The Morgan fingerprint density at radius 3 is 2.93 bits per heavy atom. The summed E-state index contributed by atoms with van der Waals surface area (Å²) in [6, 6.07) is 0.503. The van der Waals surface area contributed by atoms with E-state index in [0.717, 1.165) is 25.6 Å². The third-order valence-corrected chi connectivity index (χ3v) is 3.63. The van der Waals surface area contributed by atoms with Crippen LogP contribution in [0.5, 0.6) is 0 Å². The molecule has 2 heterocycles. The van der Waals surface area contributed by atoms with Crippen LogP contribution in [0.4, 0.5) is 0 Å². The smallest absolute Gasteiger partial charge is 0.0855 e. The number of rotatable bonds is 3. The molecule has 3 atom stereocenters. The fourth-order valence-corrected chi connectivity index (χ4v) is 2.80. The van der Waals surface area contributed by atoms with Gasteiger partial charge in [-0.15, -0.1) is 0 Å². The molecule has 2 saturated heterocycles. The number of ether oxygens (including phenoxy) is 1. The molecule has 4 nitrogen and oxygen atoms in total. The third-order valence-electron chi connectivity index (χ3n) is 3.63. The Balaban J connectivity index is 1.90. The topological polar surface area (TPSA) is 36.5 Å². The largest absolute Gasteiger partial charge is 0.374 e. The van der Waals surface area contributed by atoms with Crippen LogP contribution in [0.2, 0.25) is 0 Å². The number of hydrogen-bond donors (Lipinski definition) is 2. The summed E-state index contributed by atoms with van der Waals surface area (Å²) in [5, 5.41) is 6.85. The molecule has 0 bridgehead atoms. The maximum absolute atomic E-state index is 5.84. The van der Waals surface area contributed by atoms with Crippen molar-refractivity contribution in [1.29, 1.82) is 0 Å². The van der Waals surface area contributed by atoms with E-state index >= 15 is 0 Å². The van der Waals surface area contributed by atoms with Crippen molar-refractivity contribution in [1.82, 2.24) is 15.5 Å². The first-order chi connectivity index (χ1) is 7.31. The molecule has 4 heteroatoms. The van der Waals surface area contributed by atoms with Crippen molar-refractivity contribution in [2.45, 2.75) is 18.6 Å². The van der Waals surface area contributed by atoms with Gasteiger partial charge in [-0.1, -0.05) is 0 Å². The van der Waals surface area contributed by atoms with Crippen LogP contribution in [0.25, 0.3) is 0 Å². The van der Waals surface area contributed by atoms with Crippen molar-refractivity contribution < 1.29 is 4.74 Å². The lowest BCUT2D eigenvalue weighted by Gasteiger charge is -2.34. The highest BCUT2D eigenvalue weighted by molar-refractivity contribution is 4.90. The zero-order valence-corrected chi connectivity index (χ0v) is 9.83. The molecule has 2 N–H and O–H groups in total. The van der Waals surface area contributed by atoms with Gasteiger partial charge in [0.15, 0.2) is 0 Å². The van der Waals surface area contributed by atoms with Crippen LogP contribution >= 0.6 is 0 Å². The number of nitrogens with zero attached hydrogens (tertiary/aromatic N) is 1. The Morgan fingerprint density at radius 1 is 1.53 bits per heavy atom. The van der Waals surface area contributed by atoms with Gasteiger partial charge in [0.2, 0.25) is 0 Å². The highest BCUT2D eigenvalue weighted by atomic mass is 16.5. The second kappa shape index (κ2) is 5.25. The number of nitrogens with one attached hydrogen (secondary N) is 2. The molecule has 0 saturated carbocycles. The first kappa shape index (κ1) is 11.3. The molecule has 3 unspecified atom stereocenters. The van der Waals surface area contributed by atoms with Gasteiger partial charge in [0.25, 0.3) is 0 Å². The van der Waals surface area contributed by atoms with E-state index in [1.807, 2.05) is 0 Å². The van der Waals surface area contributed by atoms with Gasteiger partial charge in [0.05, 0.1) is 12.7 Å². The highest BCUT2D eigenvalue weighted by Gasteiger charge is 2.33. The van der Waals surface area contributed by atoms with E-state index in [1.165, 1.54) is 19.5 Å². The summed E-state index contributed by atoms with van der Waals surface area (Å²) in [6.45, 7) is 5.27. The van der Waals surface area contributed by atoms with Gasteiger partial charge in [-0.05, 0) is 33.0 Å². The molecule has 0 aromatic carbocycles. The number of likely N-dealkylation sites (N-methyl/N-ethyl adjacent to an activating group) is 1. The zero-order chi connectivity index (χ0) is 10.7. The summed E-state index contributed by atoms with van der Waals surface area (Å²) in [4.78, 5) is 2.41. The number of morpholine rings is 1. The summed E-state index contributed by atoms with van der Waals surface area (Å²) in [7, 11) is 4.26. The monoisotopic (exact) mass is 213 g/mol. The number of hydrogen-bond acceptors (Lipinski definition) is 4. The van der Waals surface area contributed by atoms with Gasteiger partial charge < -0.3 is 20.3 Å². The Hall–Kier alpha value is -0.160. The molecule has 15 heavy (non-hydrogen) atoms. The van der Waals surface area contributed by atoms with Crippen molar-refractivity contribution in [3.05, 3.63) is 0 Å². The summed E-state index contributed by atoms with van der Waals surface area (Å²) < 4.78 is 5.84. The van der Waals surface area contributed by atoms with E-state index in [4.69, 9.17) is 4.74 Å². The molecule has 0 aromatic heterocycles. The lowest BCUT2D eigenvalue weighted by molar-refractivity contribution is -0.00674. The van der Waals surface area contributed by atoms with E-state index < -0.39 is 0 Å². The van der Waals surface area contributed by atoms with Gasteiger partial charge >= 0.3 is 0 Å². The average molecular weight is 213 g/mol. The summed E-state index contributed by atoms with van der Waals surface area (Å²) in [6.07, 6.45) is 1.64. The van der Waals surface area contributed by atoms with E-state index in [0.29, 0.717) is 12.1 Å². The molecule has 2 aliphatic rings. The minimum atomic E-state index is 0.347. The first-order valence-corrected chi connectivity index (χ1v) is 5.99. The fourth-order valence-electron chi connectivity index (χ4n) is 2.80. The van der Waals surface area contributed by atoms with Crippen molar-refractivity contribution in [2.75, 3.05) is 46.9 Å². The first-order valence-electron chi connectivity index (χ1n) is 5.99. The van der Waals surface area contributed by atoms with Crippen molar-refractivity contribution in [3.8, 4) is 0 Å². The maximum atomic E-state index is 5.84. The molecule has 88 valence electrons. The minimum absolute atomic E-state index is 0.347. The van der Waals surface area contributed by atoms with Crippen molar-refractivity contribution in [3.63, 3.8) is 0 Å². The zero-order valence-electron chi connectivity index (χ0n) is 9.83. The second-order valence-corrected chi connectivity index (χ2v) is 4.74. The van der Waals surface area contributed by atoms with Gasteiger partial charge in [-0.25, -0.2) is 0 Å². The highest BCUT2D eigenvalue weighted by Crippen LogP contribution is 2.22. The maximum Gasteiger partial charge on any atom is 0.0855 e. The lowest BCUT2D eigenvalue weighted by atomic mass is 9.93. The van der Waals surface area contributed by atoms with Crippen molar-refractivity contribution >= 4 is 0 Å². The standard InChI is InChI=1S/C11H23N3O/c1-12-11(9-3-5-14(2)8-9)10-7-13-4-6-15-10/h9-13H,3-8H2,1-2H3. The predicted molar refractivity (Wildman–Crippen MR) is 61.1 cm³/mol. The molecule has 2 rings (SSSR count). The minimum Gasteiger partial charge on any atom is -0.374 e. The molecule has 0 aliphatic carbocycles. The Morgan fingerprint density at radius 2 is 2.40 bits per heavy atom. The van der Waals surface area contributed by atoms with Crippen LogP contribution in [0.15, 0.2) is 0 Å². The average Bonchev–Trinajstić information content (AvgIpc) is 2.68. The number of likely N-dealkylation sites (tertiary alicyclic amines) is 1. The van der Waals surface area contributed by atoms with Gasteiger partial charge in [0, 0.05) is 25.7 Å². The fraction of sp³-hybridized carbons (Fsp3) is 1.00. The summed E-state index contributed by atoms with van der Waals surface area (Å²) >= 11 is 0. The van der Waals surface area contributed by atoms with Gasteiger partial charge in [0.1, 0.15) is 0 Å². The summed E-state index contributed by atoms with van der Waals surface area (Å²) in [5.41, 5.74) is 0. The van der Waals surface area contributed by atoms with Crippen LogP contribution < -0.4 is 10.6 Å².